The maximum atomic E-state index is 8.63. The molecular weight excluding hydrogens is 1440 g/mol. The summed E-state index contributed by atoms with van der Waals surface area (Å²) in [4.78, 5) is 1.95. The quantitative estimate of drug-likeness (QED) is 0.0485. The van der Waals surface area contributed by atoms with Crippen molar-refractivity contribution >= 4 is 0 Å². The molecular formula is C39H82Mo6NO24-11. The van der Waals surface area contributed by atoms with E-state index in [1.165, 1.54) is 232 Å². The minimum absolute atomic E-state index is 1.37. The van der Waals surface area contributed by atoms with Gasteiger partial charge in [-0.3, -0.25) is 0 Å². The molecule has 0 bridgehead atoms. The van der Waals surface area contributed by atoms with Crippen LogP contribution >= 0.6 is 0 Å². The molecule has 0 aliphatic rings. The second-order valence-electron chi connectivity index (χ2n) is 16.1. The first-order valence-corrected chi connectivity index (χ1v) is 43.3. The zero-order valence-electron chi connectivity index (χ0n) is 41.2. The van der Waals surface area contributed by atoms with Crippen LogP contribution in [0.2, 0.25) is 0 Å². The van der Waals surface area contributed by atoms with Gasteiger partial charge in [-0.05, 0) is 38.5 Å². The van der Waals surface area contributed by atoms with Crippen molar-refractivity contribution in [2.24, 2.45) is 0 Å². The SMILES string of the molecule is CCCCCCCCCCCCC[NH+](CCCCCCCCCCCCC)CCCCCCCCCCCCC.[O]=[Mo](=[O])([O-])[O-].[O]=[Mo](=[O])([O-])[O-].[O]=[Mo](=[O])([O-])[O-].[O]=[Mo](=[O])([O-])[O-].[O]=[Mo](=[O])([O-])[O-].[O]=[Mo](=[O])([O-])[O-]. The Labute approximate surface area is 439 Å². The summed E-state index contributed by atoms with van der Waals surface area (Å²) in [6.45, 7) is 11.3. The molecule has 0 atom stereocenters. The van der Waals surface area contributed by atoms with Crippen LogP contribution in [0.5, 0.6) is 0 Å². The minimum atomic E-state index is -6.02. The molecule has 0 amide bonds. The van der Waals surface area contributed by atoms with Crippen LogP contribution in [0.1, 0.15) is 233 Å². The topological polar surface area (TPSA) is 486 Å². The predicted molar refractivity (Wildman–Crippen MR) is 193 cm³/mol. The molecule has 1 N–H and O–H groups in total. The van der Waals surface area contributed by atoms with Crippen LogP contribution < -0.4 is 50.0 Å². The Bertz CT molecular complexity index is 1410. The molecule has 25 nitrogen and oxygen atoms in total. The van der Waals surface area contributed by atoms with Gasteiger partial charge in [0.25, 0.3) is 0 Å². The average molecular weight is 1520 g/mol. The van der Waals surface area contributed by atoms with Crippen molar-refractivity contribution in [1.29, 1.82) is 0 Å². The summed E-state index contributed by atoms with van der Waals surface area (Å²) in [6, 6.07) is 0. The number of hydrogen-bond donors (Lipinski definition) is 1. The number of hydrogen-bond acceptors (Lipinski definition) is 24. The monoisotopic (exact) mass is 1540 g/mol. The van der Waals surface area contributed by atoms with E-state index in [2.05, 4.69) is 20.8 Å². The number of unbranched alkanes of at least 4 members (excludes halogenated alkanes) is 30. The Balaban J connectivity index is -0.000000210. The van der Waals surface area contributed by atoms with Crippen LogP contribution in [-0.2, 0) is 141 Å². The normalized spacial score (nSPS) is 11.7. The van der Waals surface area contributed by atoms with Crippen molar-refractivity contribution in [3.63, 3.8) is 0 Å². The maximum absolute atomic E-state index is 8.63. The van der Waals surface area contributed by atoms with Crippen LogP contribution in [0.4, 0.5) is 0 Å². The summed E-state index contributed by atoms with van der Waals surface area (Å²) in [5, 5.41) is 0. The molecule has 0 aromatic rings. The third-order valence-electron chi connectivity index (χ3n) is 9.40. The number of quaternary nitrogens is 1. The molecule has 0 saturated heterocycles. The van der Waals surface area contributed by atoms with Crippen molar-refractivity contribution in [3.05, 3.63) is 0 Å². The summed E-state index contributed by atoms with van der Waals surface area (Å²) in [7, 11) is 0. The van der Waals surface area contributed by atoms with Gasteiger partial charge in [-0.1, -0.05) is 194 Å². The van der Waals surface area contributed by atoms with E-state index in [1.807, 2.05) is 4.90 Å². The fourth-order valence-corrected chi connectivity index (χ4v) is 6.49. The van der Waals surface area contributed by atoms with Gasteiger partial charge in [0.15, 0.2) is 0 Å². The van der Waals surface area contributed by atoms with Gasteiger partial charge in [0.1, 0.15) is 0 Å². The van der Waals surface area contributed by atoms with Crippen molar-refractivity contribution < 1.29 is 191 Å². The fraction of sp³-hybridized carbons (Fsp3) is 1.00. The third kappa shape index (κ3) is 199. The first kappa shape index (κ1) is 85.1. The number of rotatable bonds is 36. The molecule has 31 heteroatoms. The average Bonchev–Trinajstić information content (AvgIpc) is 3.14. The van der Waals surface area contributed by atoms with Gasteiger partial charge in [-0.2, -0.15) is 0 Å². The van der Waals surface area contributed by atoms with Crippen LogP contribution in [0, 0.1) is 0 Å². The zero-order valence-corrected chi connectivity index (χ0v) is 53.2. The Hall–Kier alpha value is 1.21. The molecule has 0 fully saturated rings. The van der Waals surface area contributed by atoms with E-state index in [0.717, 1.165) is 0 Å². The molecule has 0 spiro atoms. The molecule has 0 aromatic heterocycles. The van der Waals surface area contributed by atoms with E-state index in [-0.39, 0.29) is 0 Å². The van der Waals surface area contributed by atoms with Crippen molar-refractivity contribution in [3.8, 4) is 0 Å². The molecule has 0 unspecified atom stereocenters. The van der Waals surface area contributed by atoms with Gasteiger partial charge in [0.05, 0.1) is 19.6 Å². The number of nitrogens with one attached hydrogen (secondary N) is 1. The van der Waals surface area contributed by atoms with E-state index < -0.39 is 100 Å². The molecule has 0 aliphatic heterocycles. The molecule has 0 rings (SSSR count). The van der Waals surface area contributed by atoms with E-state index in [0.29, 0.717) is 0 Å². The molecule has 0 saturated carbocycles. The van der Waals surface area contributed by atoms with E-state index in [1.54, 1.807) is 0 Å². The van der Waals surface area contributed by atoms with Crippen molar-refractivity contribution in [2.75, 3.05) is 19.6 Å². The van der Waals surface area contributed by atoms with Crippen LogP contribution in [0.25, 0.3) is 0 Å². The molecule has 0 aromatic carbocycles. The first-order valence-electron chi connectivity index (χ1n) is 23.7. The van der Waals surface area contributed by atoms with Crippen LogP contribution in [0.3, 0.4) is 0 Å². The van der Waals surface area contributed by atoms with Gasteiger partial charge in [-0.25, -0.2) is 0 Å². The summed E-state index contributed by atoms with van der Waals surface area (Å²) in [5.74, 6) is 0. The predicted octanol–water partition coefficient (Wildman–Crippen LogP) is -2.90. The van der Waals surface area contributed by atoms with Gasteiger partial charge in [0, 0.05) is 0 Å². The van der Waals surface area contributed by atoms with E-state index in [4.69, 9.17) is 85.9 Å². The van der Waals surface area contributed by atoms with E-state index in [9.17, 15) is 0 Å². The first-order chi connectivity index (χ1) is 31.8. The molecule has 0 aliphatic carbocycles. The summed E-state index contributed by atoms with van der Waals surface area (Å²) in [6.07, 6.45) is 48.4. The molecule has 434 valence electrons. The van der Waals surface area contributed by atoms with Crippen LogP contribution in [0.15, 0.2) is 0 Å². The zero-order chi connectivity index (χ0) is 56.0. The van der Waals surface area contributed by atoms with Gasteiger partial charge in [-0.15, -0.1) is 0 Å². The summed E-state index contributed by atoms with van der Waals surface area (Å²) in [5.41, 5.74) is 0. The molecule has 70 heavy (non-hydrogen) atoms. The van der Waals surface area contributed by atoms with Crippen molar-refractivity contribution in [1.82, 2.24) is 0 Å². The van der Waals surface area contributed by atoms with Crippen LogP contribution in [-0.4, -0.2) is 19.6 Å². The third-order valence-corrected chi connectivity index (χ3v) is 9.40. The summed E-state index contributed by atoms with van der Waals surface area (Å²) >= 11 is -36.1. The van der Waals surface area contributed by atoms with Gasteiger partial charge >= 0.3 is 186 Å². The molecule has 0 radical (unpaired) electrons. The van der Waals surface area contributed by atoms with E-state index >= 15 is 0 Å². The second kappa shape index (κ2) is 57.9. The van der Waals surface area contributed by atoms with Gasteiger partial charge < -0.3 is 4.90 Å². The Morgan fingerprint density at radius 3 is 0.386 bits per heavy atom. The van der Waals surface area contributed by atoms with Crippen molar-refractivity contribution in [2.45, 2.75) is 233 Å². The standard InChI is InChI=1S/C39H81N.6Mo.24O/c1-4-7-10-13-16-19-22-25-28-31-34-37-40(38-35-32-29-26-23-20-17-14-11-8-5-2)39-36-33-30-27-24-21-18-15-12-9-6-3;;;;;;;;;;;;;;;;;;;;;;;;;;;;;;/h4-39H2,1-3H3;;;;;;;;;;;;;;;;;;;;;;;;;;;;;;/q;;;;;;;;;;;;;;;;;;;12*-1/p+1. The Kier molecular flexibility index (Phi) is 70.4. The summed E-state index contributed by atoms with van der Waals surface area (Å²) < 4.78 is 207. The van der Waals surface area contributed by atoms with Gasteiger partial charge in [0.2, 0.25) is 0 Å². The second-order valence-corrected chi connectivity index (χ2v) is 28.1. The Morgan fingerprint density at radius 2 is 0.286 bits per heavy atom. The molecule has 0 heterocycles. The Morgan fingerprint density at radius 1 is 0.200 bits per heavy atom. The fourth-order valence-electron chi connectivity index (χ4n) is 6.49.